The summed E-state index contributed by atoms with van der Waals surface area (Å²) in [6.45, 7) is 1.74. The highest BCUT2D eigenvalue weighted by Gasteiger charge is 2.25. The zero-order valence-corrected chi connectivity index (χ0v) is 13.7. The molecule has 0 bridgehead atoms. The van der Waals surface area contributed by atoms with Crippen LogP contribution in [-0.2, 0) is 7.05 Å². The molecule has 124 valence electrons. The summed E-state index contributed by atoms with van der Waals surface area (Å²) in [5, 5.41) is 6.72. The number of aromatic nitrogens is 3. The molecule has 24 heavy (non-hydrogen) atoms. The number of nitrogens with zero attached hydrogens (tertiary/aromatic N) is 3. The predicted octanol–water partition coefficient (Wildman–Crippen LogP) is 2.24. The van der Waals surface area contributed by atoms with E-state index in [4.69, 9.17) is 9.26 Å². The normalized spacial score (nSPS) is 12.0. The summed E-state index contributed by atoms with van der Waals surface area (Å²) in [6.07, 6.45) is 3.51. The minimum Gasteiger partial charge on any atom is -0.496 e. The number of carbonyl (C=O) groups excluding carboxylic acids is 1. The first-order valence-corrected chi connectivity index (χ1v) is 7.44. The van der Waals surface area contributed by atoms with Crippen LogP contribution in [0.1, 0.15) is 33.7 Å². The van der Waals surface area contributed by atoms with Gasteiger partial charge in [0.25, 0.3) is 5.91 Å². The first kappa shape index (κ1) is 15.8. The molecule has 0 aliphatic carbocycles. The van der Waals surface area contributed by atoms with Gasteiger partial charge in [0.05, 0.1) is 7.11 Å². The van der Waals surface area contributed by atoms with Crippen molar-refractivity contribution in [3.8, 4) is 5.75 Å². The lowest BCUT2D eigenvalue weighted by molar-refractivity contribution is 0.0931. The number of hydrogen-bond donors (Lipinski definition) is 1. The SMILES string of the molecule is COc1ccccc1C(NC(=O)c1cc(C)on1)c1nccn1C. The quantitative estimate of drug-likeness (QED) is 0.777. The van der Waals surface area contributed by atoms with Crippen LogP contribution in [0.3, 0.4) is 0 Å². The summed E-state index contributed by atoms with van der Waals surface area (Å²) in [5.74, 6) is 1.59. The van der Waals surface area contributed by atoms with Crippen LogP contribution in [0.25, 0.3) is 0 Å². The number of methoxy groups -OCH3 is 1. The van der Waals surface area contributed by atoms with E-state index in [1.807, 2.05) is 42.1 Å². The van der Waals surface area contributed by atoms with Gasteiger partial charge in [-0.1, -0.05) is 23.4 Å². The molecule has 0 saturated heterocycles. The molecule has 2 heterocycles. The monoisotopic (exact) mass is 326 g/mol. The van der Waals surface area contributed by atoms with E-state index in [0.29, 0.717) is 17.3 Å². The molecule has 0 fully saturated rings. The summed E-state index contributed by atoms with van der Waals surface area (Å²) in [6, 6.07) is 8.61. The van der Waals surface area contributed by atoms with Crippen molar-refractivity contribution in [2.75, 3.05) is 7.11 Å². The van der Waals surface area contributed by atoms with Crippen LogP contribution in [0.4, 0.5) is 0 Å². The fourth-order valence-electron chi connectivity index (χ4n) is 2.52. The molecule has 2 aromatic heterocycles. The predicted molar refractivity (Wildman–Crippen MR) is 86.8 cm³/mol. The van der Waals surface area contributed by atoms with Gasteiger partial charge in [-0.3, -0.25) is 4.79 Å². The Bertz CT molecular complexity index is 853. The average Bonchev–Trinajstić information content (AvgIpc) is 3.21. The third-order valence-corrected chi connectivity index (χ3v) is 3.70. The maximum absolute atomic E-state index is 12.5. The molecule has 0 spiro atoms. The number of ether oxygens (including phenoxy) is 1. The first-order valence-electron chi connectivity index (χ1n) is 7.44. The summed E-state index contributed by atoms with van der Waals surface area (Å²) in [5.41, 5.74) is 1.03. The minimum absolute atomic E-state index is 0.224. The number of aryl methyl sites for hydroxylation is 2. The van der Waals surface area contributed by atoms with Crippen molar-refractivity contribution in [2.45, 2.75) is 13.0 Å². The molecule has 0 aliphatic rings. The van der Waals surface area contributed by atoms with Gasteiger partial charge in [0.2, 0.25) is 0 Å². The van der Waals surface area contributed by atoms with Crippen molar-refractivity contribution >= 4 is 5.91 Å². The van der Waals surface area contributed by atoms with Gasteiger partial charge in [-0.15, -0.1) is 0 Å². The Morgan fingerprint density at radius 2 is 2.17 bits per heavy atom. The fourth-order valence-corrected chi connectivity index (χ4v) is 2.52. The van der Waals surface area contributed by atoms with Crippen molar-refractivity contribution in [2.24, 2.45) is 7.05 Å². The standard InChI is InChI=1S/C17H18N4O3/c1-11-10-13(20-24-11)17(22)19-15(16-18-8-9-21(16)2)12-6-4-5-7-14(12)23-3/h4-10,15H,1-3H3,(H,19,22). The topological polar surface area (TPSA) is 82.2 Å². The Labute approximate surface area is 139 Å². The lowest BCUT2D eigenvalue weighted by atomic mass is 10.0. The maximum atomic E-state index is 12.5. The first-order chi connectivity index (χ1) is 11.6. The number of hydrogen-bond acceptors (Lipinski definition) is 5. The summed E-state index contributed by atoms with van der Waals surface area (Å²) in [7, 11) is 3.47. The second-order valence-corrected chi connectivity index (χ2v) is 5.37. The molecule has 1 unspecified atom stereocenters. The number of carbonyl (C=O) groups is 1. The molecule has 7 heteroatoms. The molecule has 3 rings (SSSR count). The van der Waals surface area contributed by atoms with E-state index in [2.05, 4.69) is 15.5 Å². The molecule has 0 radical (unpaired) electrons. The van der Waals surface area contributed by atoms with Crippen molar-refractivity contribution in [3.05, 3.63) is 65.6 Å². The molecular formula is C17H18N4O3. The van der Waals surface area contributed by atoms with Gasteiger partial charge in [0.15, 0.2) is 5.69 Å². The van der Waals surface area contributed by atoms with Crippen LogP contribution in [0.5, 0.6) is 5.75 Å². The van der Waals surface area contributed by atoms with Crippen molar-refractivity contribution in [3.63, 3.8) is 0 Å². The highest BCUT2D eigenvalue weighted by molar-refractivity contribution is 5.92. The molecule has 1 N–H and O–H groups in total. The molecule has 3 aromatic rings. The Kier molecular flexibility index (Phi) is 4.33. The van der Waals surface area contributed by atoms with E-state index in [1.165, 1.54) is 0 Å². The molecule has 7 nitrogen and oxygen atoms in total. The lowest BCUT2D eigenvalue weighted by Crippen LogP contribution is -2.31. The van der Waals surface area contributed by atoms with Crippen LogP contribution in [0.2, 0.25) is 0 Å². The van der Waals surface area contributed by atoms with Gasteiger partial charge in [-0.25, -0.2) is 4.98 Å². The van der Waals surface area contributed by atoms with Gasteiger partial charge in [0.1, 0.15) is 23.4 Å². The van der Waals surface area contributed by atoms with Crippen LogP contribution in [-0.4, -0.2) is 27.7 Å². The van der Waals surface area contributed by atoms with Crippen LogP contribution in [0.15, 0.2) is 47.2 Å². The van der Waals surface area contributed by atoms with E-state index in [0.717, 1.165) is 5.56 Å². The number of para-hydroxylation sites is 1. The van der Waals surface area contributed by atoms with E-state index in [1.54, 1.807) is 26.3 Å². The number of benzene rings is 1. The minimum atomic E-state index is -0.481. The maximum Gasteiger partial charge on any atom is 0.274 e. The molecule has 1 amide bonds. The zero-order chi connectivity index (χ0) is 17.1. The molecule has 0 aliphatic heterocycles. The second kappa shape index (κ2) is 6.57. The molecular weight excluding hydrogens is 308 g/mol. The zero-order valence-electron chi connectivity index (χ0n) is 13.7. The third-order valence-electron chi connectivity index (χ3n) is 3.70. The second-order valence-electron chi connectivity index (χ2n) is 5.37. The third kappa shape index (κ3) is 3.01. The summed E-state index contributed by atoms with van der Waals surface area (Å²) < 4.78 is 12.3. The number of amides is 1. The van der Waals surface area contributed by atoms with Crippen molar-refractivity contribution < 1.29 is 14.1 Å². The van der Waals surface area contributed by atoms with Gasteiger partial charge >= 0.3 is 0 Å². The van der Waals surface area contributed by atoms with E-state index in [9.17, 15) is 4.79 Å². The van der Waals surface area contributed by atoms with Crippen molar-refractivity contribution in [1.82, 2.24) is 20.0 Å². The Morgan fingerprint density at radius 3 is 2.79 bits per heavy atom. The fraction of sp³-hybridized carbons (Fsp3) is 0.235. The van der Waals surface area contributed by atoms with E-state index in [-0.39, 0.29) is 11.6 Å². The largest absolute Gasteiger partial charge is 0.496 e. The Hall–Kier alpha value is -3.09. The smallest absolute Gasteiger partial charge is 0.274 e. The highest BCUT2D eigenvalue weighted by atomic mass is 16.5. The lowest BCUT2D eigenvalue weighted by Gasteiger charge is -2.20. The average molecular weight is 326 g/mol. The molecule has 0 saturated carbocycles. The van der Waals surface area contributed by atoms with Gasteiger partial charge in [0, 0.05) is 31.1 Å². The summed E-state index contributed by atoms with van der Waals surface area (Å²) >= 11 is 0. The number of nitrogens with one attached hydrogen (secondary N) is 1. The highest BCUT2D eigenvalue weighted by Crippen LogP contribution is 2.29. The van der Waals surface area contributed by atoms with Gasteiger partial charge in [-0.05, 0) is 13.0 Å². The Morgan fingerprint density at radius 1 is 1.38 bits per heavy atom. The van der Waals surface area contributed by atoms with Gasteiger partial charge < -0.3 is 19.1 Å². The van der Waals surface area contributed by atoms with E-state index >= 15 is 0 Å². The molecule has 1 aromatic carbocycles. The summed E-state index contributed by atoms with van der Waals surface area (Å²) in [4.78, 5) is 16.9. The Balaban J connectivity index is 2.00. The van der Waals surface area contributed by atoms with Crippen LogP contribution in [0, 0.1) is 6.92 Å². The van der Waals surface area contributed by atoms with E-state index < -0.39 is 6.04 Å². The van der Waals surface area contributed by atoms with Crippen molar-refractivity contribution in [1.29, 1.82) is 0 Å². The molecule has 1 atom stereocenters. The van der Waals surface area contributed by atoms with Crippen LogP contribution >= 0.6 is 0 Å². The van der Waals surface area contributed by atoms with Crippen LogP contribution < -0.4 is 10.1 Å². The number of rotatable bonds is 5. The number of imidazole rings is 1. The van der Waals surface area contributed by atoms with Gasteiger partial charge in [-0.2, -0.15) is 0 Å².